The van der Waals surface area contributed by atoms with Crippen LogP contribution in [0.4, 0.5) is 0 Å². The van der Waals surface area contributed by atoms with Crippen molar-refractivity contribution in [2.75, 3.05) is 13.1 Å². The molecule has 0 saturated carbocycles. The van der Waals surface area contributed by atoms with Crippen molar-refractivity contribution in [2.45, 2.75) is 45.2 Å². The van der Waals surface area contributed by atoms with Crippen LogP contribution in [0.5, 0.6) is 0 Å². The maximum atomic E-state index is 12.6. The number of carbonyl (C=O) groups excluding carboxylic acids is 2. The first-order valence-electron chi connectivity index (χ1n) is 8.36. The van der Waals surface area contributed by atoms with Gasteiger partial charge in [-0.05, 0) is 37.5 Å². The Bertz CT molecular complexity index is 597. The Kier molecular flexibility index (Phi) is 7.90. The van der Waals surface area contributed by atoms with Crippen LogP contribution < -0.4 is 11.1 Å². The molecule has 3 N–H and O–H groups in total. The molecular weight excluding hydrogens is 406 g/mol. The Morgan fingerprint density at radius 3 is 2.24 bits per heavy atom. The van der Waals surface area contributed by atoms with Crippen LogP contribution in [0.25, 0.3) is 0 Å². The normalized spacial score (nSPS) is 17.6. The molecule has 1 unspecified atom stereocenters. The van der Waals surface area contributed by atoms with E-state index in [0.717, 1.165) is 22.9 Å². The number of nitrogens with one attached hydrogen (secondary N) is 1. The van der Waals surface area contributed by atoms with E-state index in [-0.39, 0.29) is 36.2 Å². The van der Waals surface area contributed by atoms with Gasteiger partial charge < -0.3 is 16.0 Å². The van der Waals surface area contributed by atoms with Crippen molar-refractivity contribution in [3.8, 4) is 0 Å². The Morgan fingerprint density at radius 1 is 1.24 bits per heavy atom. The van der Waals surface area contributed by atoms with Crippen LogP contribution in [0, 0.1) is 5.92 Å². The summed E-state index contributed by atoms with van der Waals surface area (Å²) in [5.41, 5.74) is 5.97. The fourth-order valence-corrected chi connectivity index (χ4v) is 3.14. The van der Waals surface area contributed by atoms with Crippen molar-refractivity contribution in [3.05, 3.63) is 34.3 Å². The SMILES string of the molecule is CC(C)C(=O)N1CCC(NC(=O)C(C)(N)c2ccc(Br)cc2)CC1.Cl. The number of amides is 2. The molecule has 1 aromatic carbocycles. The molecule has 1 heterocycles. The molecule has 0 bridgehead atoms. The first-order valence-corrected chi connectivity index (χ1v) is 9.15. The molecule has 0 aromatic heterocycles. The molecule has 2 rings (SSSR count). The number of carbonyl (C=O) groups is 2. The lowest BCUT2D eigenvalue weighted by atomic mass is 9.91. The summed E-state index contributed by atoms with van der Waals surface area (Å²) in [5, 5.41) is 3.05. The average Bonchev–Trinajstić information content (AvgIpc) is 2.55. The van der Waals surface area contributed by atoms with E-state index in [4.69, 9.17) is 5.73 Å². The molecule has 1 atom stereocenters. The van der Waals surface area contributed by atoms with Crippen molar-refractivity contribution in [3.63, 3.8) is 0 Å². The van der Waals surface area contributed by atoms with Gasteiger partial charge in [0.05, 0.1) is 0 Å². The number of rotatable bonds is 4. The fraction of sp³-hybridized carbons (Fsp3) is 0.556. The number of nitrogens with two attached hydrogens (primary N) is 1. The molecule has 25 heavy (non-hydrogen) atoms. The van der Waals surface area contributed by atoms with E-state index in [0.29, 0.717) is 13.1 Å². The fourth-order valence-electron chi connectivity index (χ4n) is 2.87. The highest BCUT2D eigenvalue weighted by Crippen LogP contribution is 2.22. The highest BCUT2D eigenvalue weighted by Gasteiger charge is 2.33. The molecule has 1 aromatic rings. The third-order valence-electron chi connectivity index (χ3n) is 4.55. The molecule has 0 radical (unpaired) electrons. The largest absolute Gasteiger partial charge is 0.351 e. The molecule has 1 fully saturated rings. The number of benzene rings is 1. The number of nitrogens with zero attached hydrogens (tertiary/aromatic N) is 1. The molecule has 7 heteroatoms. The highest BCUT2D eigenvalue weighted by atomic mass is 79.9. The summed E-state index contributed by atoms with van der Waals surface area (Å²) in [6, 6.07) is 7.53. The maximum absolute atomic E-state index is 12.6. The van der Waals surface area contributed by atoms with E-state index in [1.54, 1.807) is 6.92 Å². The van der Waals surface area contributed by atoms with Gasteiger partial charge in [0, 0.05) is 29.5 Å². The van der Waals surface area contributed by atoms with Gasteiger partial charge in [-0.2, -0.15) is 0 Å². The number of hydrogen-bond acceptors (Lipinski definition) is 3. The quantitative estimate of drug-likeness (QED) is 0.768. The summed E-state index contributed by atoms with van der Waals surface area (Å²) in [7, 11) is 0. The Hall–Kier alpha value is -1.11. The first kappa shape index (κ1) is 21.9. The zero-order chi connectivity index (χ0) is 17.9. The predicted molar refractivity (Wildman–Crippen MR) is 106 cm³/mol. The van der Waals surface area contributed by atoms with Crippen LogP contribution in [0.3, 0.4) is 0 Å². The van der Waals surface area contributed by atoms with Gasteiger partial charge in [-0.1, -0.05) is 41.9 Å². The van der Waals surface area contributed by atoms with Gasteiger partial charge in [-0.3, -0.25) is 9.59 Å². The molecule has 0 aliphatic carbocycles. The molecule has 0 spiro atoms. The van der Waals surface area contributed by atoms with Gasteiger partial charge in [0.2, 0.25) is 11.8 Å². The lowest BCUT2D eigenvalue weighted by Gasteiger charge is -2.35. The molecule has 1 aliphatic heterocycles. The minimum absolute atomic E-state index is 0. The number of piperidine rings is 1. The molecule has 1 aliphatic rings. The molecular formula is C18H27BrClN3O2. The van der Waals surface area contributed by atoms with E-state index >= 15 is 0 Å². The lowest BCUT2D eigenvalue weighted by Crippen LogP contribution is -2.54. The van der Waals surface area contributed by atoms with Gasteiger partial charge in [0.15, 0.2) is 0 Å². The zero-order valence-electron chi connectivity index (χ0n) is 14.9. The third kappa shape index (κ3) is 5.43. The molecule has 1 saturated heterocycles. The summed E-state index contributed by atoms with van der Waals surface area (Å²) < 4.78 is 0.949. The first-order chi connectivity index (χ1) is 11.2. The topological polar surface area (TPSA) is 75.4 Å². The maximum Gasteiger partial charge on any atom is 0.244 e. The van der Waals surface area contributed by atoms with E-state index in [9.17, 15) is 9.59 Å². The molecule has 5 nitrogen and oxygen atoms in total. The molecule has 2 amide bonds. The van der Waals surface area contributed by atoms with Gasteiger partial charge in [0.25, 0.3) is 0 Å². The van der Waals surface area contributed by atoms with Crippen molar-refractivity contribution in [1.29, 1.82) is 0 Å². The van der Waals surface area contributed by atoms with Crippen LogP contribution in [0.2, 0.25) is 0 Å². The van der Waals surface area contributed by atoms with Crippen LogP contribution in [0.1, 0.15) is 39.2 Å². The Morgan fingerprint density at radius 2 is 1.76 bits per heavy atom. The number of halogens is 2. The average molecular weight is 433 g/mol. The van der Waals surface area contributed by atoms with E-state index in [1.165, 1.54) is 0 Å². The second kappa shape index (κ2) is 9.01. The van der Waals surface area contributed by atoms with Crippen molar-refractivity contribution >= 4 is 40.2 Å². The van der Waals surface area contributed by atoms with Crippen LogP contribution in [0.15, 0.2) is 28.7 Å². The summed E-state index contributed by atoms with van der Waals surface area (Å²) in [5.74, 6) is 0.0117. The van der Waals surface area contributed by atoms with Crippen molar-refractivity contribution in [1.82, 2.24) is 10.2 Å². The minimum atomic E-state index is -1.08. The van der Waals surface area contributed by atoms with Gasteiger partial charge in [-0.25, -0.2) is 0 Å². The second-order valence-electron chi connectivity index (χ2n) is 6.94. The number of hydrogen-bond donors (Lipinski definition) is 2. The third-order valence-corrected chi connectivity index (χ3v) is 5.08. The predicted octanol–water partition coefficient (Wildman–Crippen LogP) is 2.81. The summed E-state index contributed by atoms with van der Waals surface area (Å²) in [6.45, 7) is 6.91. The summed E-state index contributed by atoms with van der Waals surface area (Å²) in [4.78, 5) is 26.5. The van der Waals surface area contributed by atoms with Gasteiger partial charge >= 0.3 is 0 Å². The molecule has 140 valence electrons. The van der Waals surface area contributed by atoms with Crippen LogP contribution in [-0.4, -0.2) is 35.8 Å². The second-order valence-corrected chi connectivity index (χ2v) is 7.85. The van der Waals surface area contributed by atoms with Crippen LogP contribution >= 0.6 is 28.3 Å². The summed E-state index contributed by atoms with van der Waals surface area (Å²) in [6.07, 6.45) is 1.53. The number of likely N-dealkylation sites (tertiary alicyclic amines) is 1. The minimum Gasteiger partial charge on any atom is -0.351 e. The van der Waals surface area contributed by atoms with E-state index in [2.05, 4.69) is 21.2 Å². The standard InChI is InChI=1S/C18H26BrN3O2.ClH/c1-12(2)16(23)22-10-8-15(9-11-22)21-17(24)18(3,20)13-4-6-14(19)7-5-13;/h4-7,12,15H,8-11,20H2,1-3H3,(H,21,24);1H. The summed E-state index contributed by atoms with van der Waals surface area (Å²) >= 11 is 3.38. The Labute approximate surface area is 164 Å². The van der Waals surface area contributed by atoms with Crippen molar-refractivity contribution < 1.29 is 9.59 Å². The monoisotopic (exact) mass is 431 g/mol. The van der Waals surface area contributed by atoms with E-state index < -0.39 is 5.54 Å². The smallest absolute Gasteiger partial charge is 0.244 e. The van der Waals surface area contributed by atoms with Gasteiger partial charge in [0.1, 0.15) is 5.54 Å². The van der Waals surface area contributed by atoms with E-state index in [1.807, 2.05) is 43.0 Å². The lowest BCUT2D eigenvalue weighted by molar-refractivity contribution is -0.135. The van der Waals surface area contributed by atoms with Crippen LogP contribution in [-0.2, 0) is 15.1 Å². The zero-order valence-corrected chi connectivity index (χ0v) is 17.3. The van der Waals surface area contributed by atoms with Gasteiger partial charge in [-0.15, -0.1) is 12.4 Å². The highest BCUT2D eigenvalue weighted by molar-refractivity contribution is 9.10. The Balaban J connectivity index is 0.00000312. The van der Waals surface area contributed by atoms with Crippen molar-refractivity contribution in [2.24, 2.45) is 11.7 Å².